The molecule has 0 saturated carbocycles. The van der Waals surface area contributed by atoms with E-state index in [-0.39, 0.29) is 12.4 Å². The first-order valence-electron chi connectivity index (χ1n) is 5.97. The topological polar surface area (TPSA) is 51.2 Å². The van der Waals surface area contributed by atoms with Crippen LogP contribution < -0.4 is 5.32 Å². The third kappa shape index (κ3) is 4.55. The Bertz CT molecular complexity index is 566. The maximum atomic E-state index is 13.3. The van der Waals surface area contributed by atoms with E-state index in [0.717, 1.165) is 0 Å². The van der Waals surface area contributed by atoms with E-state index in [1.54, 1.807) is 36.5 Å². The number of amides is 1. The number of anilines is 1. The third-order valence-electron chi connectivity index (χ3n) is 2.32. The van der Waals surface area contributed by atoms with Crippen LogP contribution in [-0.2, 0) is 4.74 Å². The maximum Gasteiger partial charge on any atom is 0.411 e. The number of nitrogens with zero attached hydrogens (tertiary/aromatic N) is 1. The molecule has 0 fully saturated rings. The highest BCUT2D eigenvalue weighted by atomic mass is 32.2. The number of pyridine rings is 1. The third-order valence-corrected chi connectivity index (χ3v) is 3.33. The van der Waals surface area contributed by atoms with Crippen LogP contribution in [0.25, 0.3) is 0 Å². The Morgan fingerprint density at radius 3 is 2.90 bits per heavy atom. The second-order valence-corrected chi connectivity index (χ2v) is 4.92. The molecule has 1 aromatic carbocycles. The molecule has 6 heteroatoms. The number of hydrogen-bond donors (Lipinski definition) is 1. The van der Waals surface area contributed by atoms with Crippen LogP contribution in [0.3, 0.4) is 0 Å². The van der Waals surface area contributed by atoms with Crippen molar-refractivity contribution in [3.63, 3.8) is 0 Å². The average molecular weight is 292 g/mol. The molecule has 2 rings (SSSR count). The van der Waals surface area contributed by atoms with Crippen LogP contribution in [0.2, 0.25) is 0 Å². The van der Waals surface area contributed by atoms with Gasteiger partial charge >= 0.3 is 6.09 Å². The average Bonchev–Trinajstić information content (AvgIpc) is 2.46. The number of halogens is 1. The first-order chi connectivity index (χ1) is 9.75. The lowest BCUT2D eigenvalue weighted by Crippen LogP contribution is -2.15. The van der Waals surface area contributed by atoms with Gasteiger partial charge in [-0.3, -0.25) is 10.3 Å². The van der Waals surface area contributed by atoms with E-state index in [9.17, 15) is 9.18 Å². The number of aromatic nitrogens is 1. The molecule has 4 nitrogen and oxygen atoms in total. The second-order valence-electron chi connectivity index (χ2n) is 3.78. The van der Waals surface area contributed by atoms with E-state index < -0.39 is 6.09 Å². The molecule has 0 aliphatic rings. The van der Waals surface area contributed by atoms with E-state index in [2.05, 4.69) is 10.3 Å². The molecule has 0 unspecified atom stereocenters. The molecule has 2 aromatic rings. The molecule has 0 aliphatic carbocycles. The number of hydrogen-bond acceptors (Lipinski definition) is 4. The van der Waals surface area contributed by atoms with Crippen LogP contribution >= 0.6 is 11.8 Å². The highest BCUT2D eigenvalue weighted by molar-refractivity contribution is 7.99. The number of rotatable bonds is 5. The summed E-state index contributed by atoms with van der Waals surface area (Å²) in [7, 11) is 0. The Morgan fingerprint density at radius 2 is 2.15 bits per heavy atom. The van der Waals surface area contributed by atoms with Gasteiger partial charge in [0.05, 0.1) is 11.9 Å². The number of nitrogens with one attached hydrogen (secondary N) is 1. The van der Waals surface area contributed by atoms with Crippen molar-refractivity contribution in [2.24, 2.45) is 0 Å². The maximum absolute atomic E-state index is 13.3. The molecule has 0 radical (unpaired) electrons. The summed E-state index contributed by atoms with van der Waals surface area (Å²) in [5.74, 6) is 0.221. The van der Waals surface area contributed by atoms with Gasteiger partial charge in [-0.05, 0) is 24.3 Å². The Balaban J connectivity index is 1.69. The van der Waals surface area contributed by atoms with Crippen molar-refractivity contribution in [1.82, 2.24) is 4.98 Å². The Labute approximate surface area is 120 Å². The molecule has 20 heavy (non-hydrogen) atoms. The summed E-state index contributed by atoms with van der Waals surface area (Å²) in [4.78, 5) is 15.9. The van der Waals surface area contributed by atoms with Gasteiger partial charge in [-0.1, -0.05) is 12.1 Å². The summed E-state index contributed by atoms with van der Waals surface area (Å²) in [6.45, 7) is 0.200. The number of ether oxygens (including phenoxy) is 1. The molecule has 1 N–H and O–H groups in total. The molecule has 0 saturated heterocycles. The predicted octanol–water partition coefficient (Wildman–Crippen LogP) is 3.56. The molecular weight excluding hydrogens is 279 g/mol. The van der Waals surface area contributed by atoms with Gasteiger partial charge in [0.25, 0.3) is 0 Å². The SMILES string of the molecule is O=C(Nc1cccnc1)OCCSc1ccccc1F. The lowest BCUT2D eigenvalue weighted by atomic mass is 10.3. The standard InChI is InChI=1S/C14H13FN2O2S/c15-12-5-1-2-6-13(12)20-9-8-19-14(18)17-11-4-3-7-16-10-11/h1-7,10H,8-9H2,(H,17,18). The molecule has 0 atom stereocenters. The van der Waals surface area contributed by atoms with Gasteiger partial charge in [-0.2, -0.15) is 0 Å². The van der Waals surface area contributed by atoms with Crippen LogP contribution in [-0.4, -0.2) is 23.4 Å². The van der Waals surface area contributed by atoms with Crippen molar-refractivity contribution in [2.45, 2.75) is 4.90 Å². The number of carbonyl (C=O) groups excluding carboxylic acids is 1. The minimum atomic E-state index is -0.549. The summed E-state index contributed by atoms with van der Waals surface area (Å²) in [6, 6.07) is 9.92. The van der Waals surface area contributed by atoms with Crippen LogP contribution in [0.5, 0.6) is 0 Å². The Hall–Kier alpha value is -2.08. The van der Waals surface area contributed by atoms with E-state index in [4.69, 9.17) is 4.74 Å². The van der Waals surface area contributed by atoms with Crippen LogP contribution in [0, 0.1) is 5.82 Å². The fraction of sp³-hybridized carbons (Fsp3) is 0.143. The predicted molar refractivity (Wildman–Crippen MR) is 76.3 cm³/mol. The fourth-order valence-electron chi connectivity index (χ4n) is 1.44. The molecule has 1 heterocycles. The first kappa shape index (κ1) is 14.3. The van der Waals surface area contributed by atoms with Crippen molar-refractivity contribution in [3.05, 3.63) is 54.6 Å². The molecule has 1 amide bonds. The highest BCUT2D eigenvalue weighted by Gasteiger charge is 2.04. The summed E-state index contributed by atoms with van der Waals surface area (Å²) in [5, 5.41) is 2.54. The second kappa shape index (κ2) is 7.49. The monoisotopic (exact) mass is 292 g/mol. The van der Waals surface area contributed by atoms with Crippen molar-refractivity contribution in [3.8, 4) is 0 Å². The number of benzene rings is 1. The van der Waals surface area contributed by atoms with Crippen molar-refractivity contribution < 1.29 is 13.9 Å². The van der Waals surface area contributed by atoms with Crippen LogP contribution in [0.15, 0.2) is 53.7 Å². The van der Waals surface area contributed by atoms with Gasteiger partial charge in [-0.25, -0.2) is 9.18 Å². The summed E-state index contributed by atoms with van der Waals surface area (Å²) < 4.78 is 18.3. The van der Waals surface area contributed by atoms with Crippen LogP contribution in [0.1, 0.15) is 0 Å². The van der Waals surface area contributed by atoms with Crippen LogP contribution in [0.4, 0.5) is 14.9 Å². The lowest BCUT2D eigenvalue weighted by Gasteiger charge is -2.06. The van der Waals surface area contributed by atoms with Gasteiger partial charge in [0, 0.05) is 16.8 Å². The van der Waals surface area contributed by atoms with Crippen molar-refractivity contribution in [1.29, 1.82) is 0 Å². The molecule has 0 aliphatic heterocycles. The van der Waals surface area contributed by atoms with Crippen molar-refractivity contribution in [2.75, 3.05) is 17.7 Å². The fourth-order valence-corrected chi connectivity index (χ4v) is 2.21. The van der Waals surface area contributed by atoms with E-state index >= 15 is 0 Å². The quantitative estimate of drug-likeness (QED) is 0.676. The summed E-state index contributed by atoms with van der Waals surface area (Å²) in [5.41, 5.74) is 0.569. The van der Waals surface area contributed by atoms with E-state index in [0.29, 0.717) is 16.3 Å². The summed E-state index contributed by atoms with van der Waals surface area (Å²) in [6.07, 6.45) is 2.59. The van der Waals surface area contributed by atoms with Gasteiger partial charge in [0.1, 0.15) is 12.4 Å². The number of carbonyl (C=O) groups is 1. The minimum absolute atomic E-state index is 0.200. The normalized spacial score (nSPS) is 10.1. The molecule has 104 valence electrons. The van der Waals surface area contributed by atoms with E-state index in [1.165, 1.54) is 24.0 Å². The Kier molecular flexibility index (Phi) is 5.37. The molecule has 1 aromatic heterocycles. The smallest absolute Gasteiger partial charge is 0.411 e. The summed E-state index contributed by atoms with van der Waals surface area (Å²) >= 11 is 1.30. The molecular formula is C14H13FN2O2S. The highest BCUT2D eigenvalue weighted by Crippen LogP contribution is 2.20. The van der Waals surface area contributed by atoms with Gasteiger partial charge in [-0.15, -0.1) is 11.8 Å². The van der Waals surface area contributed by atoms with Gasteiger partial charge in [0.15, 0.2) is 0 Å². The zero-order valence-electron chi connectivity index (χ0n) is 10.6. The first-order valence-corrected chi connectivity index (χ1v) is 6.95. The molecule has 0 bridgehead atoms. The lowest BCUT2D eigenvalue weighted by molar-refractivity contribution is 0.169. The van der Waals surface area contributed by atoms with E-state index in [1.807, 2.05) is 0 Å². The zero-order valence-corrected chi connectivity index (χ0v) is 11.4. The van der Waals surface area contributed by atoms with Gasteiger partial charge in [0.2, 0.25) is 0 Å². The Morgan fingerprint density at radius 1 is 1.30 bits per heavy atom. The van der Waals surface area contributed by atoms with Crippen molar-refractivity contribution >= 4 is 23.5 Å². The minimum Gasteiger partial charge on any atom is -0.448 e. The zero-order chi connectivity index (χ0) is 14.2. The largest absolute Gasteiger partial charge is 0.448 e. The number of thioether (sulfide) groups is 1. The van der Waals surface area contributed by atoms with Gasteiger partial charge < -0.3 is 4.74 Å². The molecule has 0 spiro atoms.